The maximum Gasteiger partial charge on any atom is 0.216 e. The third-order valence-electron chi connectivity index (χ3n) is 16.7. The Morgan fingerprint density at radius 3 is 0.863 bits per heavy atom. The molecule has 17 rings (SSSR count). The molecule has 0 spiro atoms. The summed E-state index contributed by atoms with van der Waals surface area (Å²) in [5, 5.41) is 0. The van der Waals surface area contributed by atoms with Gasteiger partial charge in [-0.2, -0.15) is 0 Å². The van der Waals surface area contributed by atoms with Crippen molar-refractivity contribution >= 4 is 115 Å². The molecule has 4 heterocycles. The van der Waals surface area contributed by atoms with E-state index in [0.717, 1.165) is 58.7 Å². The monoisotopic (exact) mass is 1550 g/mol. The van der Waals surface area contributed by atoms with Crippen LogP contribution in [0.1, 0.15) is 0 Å². The van der Waals surface area contributed by atoms with Gasteiger partial charge in [0.1, 0.15) is 63.2 Å². The highest BCUT2D eigenvalue weighted by Gasteiger charge is 2.47. The number of sulfone groups is 5. The molecule has 13 aromatic rings. The van der Waals surface area contributed by atoms with Crippen molar-refractivity contribution in [2.75, 3.05) is 12.5 Å². The van der Waals surface area contributed by atoms with Crippen LogP contribution in [-0.2, 0) is 104 Å². The van der Waals surface area contributed by atoms with E-state index in [2.05, 4.69) is 60.7 Å². The largest absolute Gasteiger partial charge is 0.249 e. The van der Waals surface area contributed by atoms with E-state index < -0.39 is 81.8 Å². The lowest BCUT2D eigenvalue weighted by atomic mass is 10.3. The van der Waals surface area contributed by atoms with Gasteiger partial charge in [0.05, 0.1) is 50.0 Å². The van der Waals surface area contributed by atoms with Gasteiger partial charge in [-0.3, -0.25) is 0 Å². The summed E-state index contributed by atoms with van der Waals surface area (Å²) >= 11 is 1.80. The van der Waals surface area contributed by atoms with Crippen LogP contribution in [0.4, 0.5) is 0 Å². The van der Waals surface area contributed by atoms with Crippen LogP contribution < -0.4 is 0 Å². The third-order valence-corrected chi connectivity index (χ3v) is 37.5. The van der Waals surface area contributed by atoms with Crippen molar-refractivity contribution in [2.45, 2.75) is 117 Å². The third kappa shape index (κ3) is 13.7. The summed E-state index contributed by atoms with van der Waals surface area (Å²) in [6, 6.07) is 101. The Morgan fingerprint density at radius 2 is 0.510 bits per heavy atom. The first-order valence-corrected chi connectivity index (χ1v) is 46.6. The van der Waals surface area contributed by atoms with Crippen molar-refractivity contribution in [3.63, 3.8) is 0 Å². The number of rotatable bonds is 8. The molecule has 4 aliphatic heterocycles. The molecule has 0 N–H and O–H groups in total. The summed E-state index contributed by atoms with van der Waals surface area (Å²) in [5.74, 6) is 0. The fourth-order valence-corrected chi connectivity index (χ4v) is 31.9. The molecule has 0 aromatic heterocycles. The van der Waals surface area contributed by atoms with E-state index in [-0.39, 0.29) is 26.7 Å². The van der Waals surface area contributed by atoms with E-state index >= 15 is 0 Å². The van der Waals surface area contributed by atoms with Crippen molar-refractivity contribution in [3.8, 4) is 0 Å². The molecule has 0 amide bonds. The van der Waals surface area contributed by atoms with Crippen LogP contribution >= 0.6 is 11.8 Å². The minimum atomic E-state index is -3.56. The lowest BCUT2D eigenvalue weighted by molar-refractivity contribution is 0.589. The highest BCUT2D eigenvalue weighted by atomic mass is 32.2. The molecule has 102 heavy (non-hydrogen) atoms. The molecule has 508 valence electrons. The summed E-state index contributed by atoms with van der Waals surface area (Å²) in [5.41, 5.74) is 0. The molecule has 13 aromatic carbocycles. The first-order chi connectivity index (χ1) is 49.1. The smallest absolute Gasteiger partial charge is 0.216 e. The summed E-state index contributed by atoms with van der Waals surface area (Å²) in [7, 11) is -19.9. The van der Waals surface area contributed by atoms with E-state index in [4.69, 9.17) is 0 Å². The maximum absolute atomic E-state index is 13.0. The maximum atomic E-state index is 13.0. The average molecular weight is 1550 g/mol. The second-order valence-electron chi connectivity index (χ2n) is 23.3. The normalized spacial score (nSPS) is 16.0. The van der Waals surface area contributed by atoms with Gasteiger partial charge >= 0.3 is 0 Å². The van der Waals surface area contributed by atoms with Crippen molar-refractivity contribution < 1.29 is 46.3 Å². The zero-order chi connectivity index (χ0) is 71.1. The topological polar surface area (TPSA) is 188 Å². The van der Waals surface area contributed by atoms with E-state index in [1.54, 1.807) is 133 Å². The Balaban J connectivity index is 0.000000116. The Labute approximate surface area is 613 Å². The highest BCUT2D eigenvalue weighted by Crippen LogP contribution is 2.50. The first kappa shape index (κ1) is 70.5. The predicted octanol–water partition coefficient (Wildman–Crippen LogP) is 17.0. The van der Waals surface area contributed by atoms with E-state index in [1.165, 1.54) is 32.1 Å². The Morgan fingerprint density at radius 1 is 0.265 bits per heavy atom. The van der Waals surface area contributed by atoms with Crippen molar-refractivity contribution in [2.24, 2.45) is 0 Å². The number of benzene rings is 13. The molecule has 0 saturated carbocycles. The molecule has 22 heteroatoms. The number of fused-ring (bicyclic) bond motifs is 8. The fraction of sp³-hybridized carbons (Fsp3) is 0.0250. The van der Waals surface area contributed by atoms with Crippen LogP contribution in [0.15, 0.2) is 445 Å². The van der Waals surface area contributed by atoms with Crippen LogP contribution in [0.5, 0.6) is 0 Å². The highest BCUT2D eigenvalue weighted by molar-refractivity contribution is 8.04. The zero-order valence-electron chi connectivity index (χ0n) is 54.2. The molecular formula is C80H60O11S11+4. The van der Waals surface area contributed by atoms with Crippen LogP contribution in [0.3, 0.4) is 0 Å². The SMILES string of the molecule is CS(=O)(=O)c1ccc([S+]2c3ccccc3S(=O)(=O)c3ccccc32)cc1.CS(=O)(=O)c1ccc([S+]2c3ccccc3S(=O)c3ccccc32)cc1.O=S(=O)(c1ccccc1)c1ccc([S+]2c3ccccc3Sc3ccccc32)cc1.O=S1(=O)c2ccccc2[S+](c2ccccc2)c2ccccc21. The average Bonchev–Trinajstić information content (AvgIpc) is 0.744. The standard InChI is InChI=1S/C24H17O2S3.C19H15O4S3.C19H15O3S3.C18H13O2S2/c25-29(26,19-8-2-1-3-9-19)20-16-14-18(15-17-20)28-23-12-6-4-10-21(23)27-22-11-5-7-13-24(22)28;1-25(20,21)15-12-10-14(11-13-15)24-16-6-2-4-8-18(16)26(22,23)19-9-5-3-7-17(19)24;1-25(21,22)15-12-10-14(11-13-15)23-16-6-2-4-8-18(16)24(20)19-9-5-3-7-17(19)23;19-22(20)17-12-6-4-10-15(17)21(14-8-2-1-3-9-14)16-11-5-7-13-18(16)22/h1-17H;2-13H,1H3;2-13H,1H3;1-13H/q4*+1. The quantitative estimate of drug-likeness (QED) is 0.131. The van der Waals surface area contributed by atoms with Gasteiger partial charge in [0.2, 0.25) is 29.5 Å². The van der Waals surface area contributed by atoms with Crippen molar-refractivity contribution in [1.82, 2.24) is 0 Å². The predicted molar refractivity (Wildman–Crippen MR) is 404 cm³/mol. The summed E-state index contributed by atoms with van der Waals surface area (Å²) in [6.45, 7) is 0. The molecule has 0 bridgehead atoms. The lowest BCUT2D eigenvalue weighted by Crippen LogP contribution is -2.20. The first-order valence-electron chi connectivity index (χ1n) is 31.5. The number of hydrogen-bond donors (Lipinski definition) is 0. The van der Waals surface area contributed by atoms with Gasteiger partial charge in [0.25, 0.3) is 0 Å². The van der Waals surface area contributed by atoms with Gasteiger partial charge < -0.3 is 0 Å². The second kappa shape index (κ2) is 29.0. The minimum Gasteiger partial charge on any atom is -0.249 e. The van der Waals surface area contributed by atoms with Gasteiger partial charge in [0, 0.05) is 12.5 Å². The summed E-state index contributed by atoms with van der Waals surface area (Å²) < 4.78 is 137. The number of hydrogen-bond acceptors (Lipinski definition) is 12. The molecule has 11 nitrogen and oxygen atoms in total. The van der Waals surface area contributed by atoms with Crippen LogP contribution in [0.2, 0.25) is 0 Å². The van der Waals surface area contributed by atoms with E-state index in [9.17, 15) is 46.3 Å². The van der Waals surface area contributed by atoms with E-state index in [1.807, 2.05) is 146 Å². The summed E-state index contributed by atoms with van der Waals surface area (Å²) in [6.07, 6.45) is 2.38. The Kier molecular flexibility index (Phi) is 20.0. The van der Waals surface area contributed by atoms with Crippen molar-refractivity contribution in [1.29, 1.82) is 0 Å². The molecule has 0 fully saturated rings. The van der Waals surface area contributed by atoms with E-state index in [0.29, 0.717) is 34.3 Å². The molecule has 0 atom stereocenters. The Bertz CT molecular complexity index is 5800. The van der Waals surface area contributed by atoms with Crippen LogP contribution in [0.25, 0.3) is 0 Å². The molecular weight excluding hydrogens is 1490 g/mol. The Hall–Kier alpha value is -8.49. The van der Waals surface area contributed by atoms with Gasteiger partial charge in [0.15, 0.2) is 78.4 Å². The summed E-state index contributed by atoms with van der Waals surface area (Å²) in [4.78, 5) is 18.9. The zero-order valence-corrected chi connectivity index (χ0v) is 63.1. The van der Waals surface area contributed by atoms with Gasteiger partial charge in [-0.25, -0.2) is 46.3 Å². The molecule has 0 unspecified atom stereocenters. The van der Waals surface area contributed by atoms with Gasteiger partial charge in [-0.05, 0) is 194 Å². The lowest BCUT2D eigenvalue weighted by Gasteiger charge is -2.19. The van der Waals surface area contributed by atoms with Crippen LogP contribution in [0, 0.1) is 0 Å². The van der Waals surface area contributed by atoms with Gasteiger partial charge in [-0.15, -0.1) is 0 Å². The molecule has 4 aliphatic rings. The van der Waals surface area contributed by atoms with Gasteiger partial charge in [-0.1, -0.05) is 145 Å². The molecule has 0 saturated heterocycles. The fourth-order valence-electron chi connectivity index (χ4n) is 12.0. The molecule has 0 radical (unpaired) electrons. The second-order valence-corrected chi connectivity index (χ2v) is 43.4. The van der Waals surface area contributed by atoms with Crippen molar-refractivity contribution in [3.05, 3.63) is 328 Å². The minimum absolute atomic E-state index is 0.246. The van der Waals surface area contributed by atoms with Crippen LogP contribution in [-0.4, -0.2) is 58.8 Å². The molecule has 0 aliphatic carbocycles.